The van der Waals surface area contributed by atoms with Crippen molar-refractivity contribution in [3.8, 4) is 0 Å². The van der Waals surface area contributed by atoms with Crippen molar-refractivity contribution < 1.29 is 24.6 Å². The number of carboxylic acid groups (broad SMARTS) is 1. The maximum Gasteiger partial charge on any atom is 0.161 e. The molecule has 0 aromatic heterocycles. The number of oxime groups is 1. The fourth-order valence-corrected chi connectivity index (χ4v) is 7.41. The number of aliphatic carboxylic acids is 1. The quantitative estimate of drug-likeness (QED) is 0.728. The Labute approximate surface area is 172 Å². The van der Waals surface area contributed by atoms with Gasteiger partial charge in [-0.25, -0.2) is 0 Å². The lowest BCUT2D eigenvalue weighted by molar-refractivity contribution is -0.309. The second kappa shape index (κ2) is 6.93. The molecule has 0 aliphatic heterocycles. The van der Waals surface area contributed by atoms with Gasteiger partial charge >= 0.3 is 0 Å². The first-order chi connectivity index (χ1) is 13.6. The molecule has 4 rings (SSSR count). The van der Waals surface area contributed by atoms with Gasteiger partial charge in [-0.3, -0.25) is 4.79 Å². The van der Waals surface area contributed by atoms with Crippen LogP contribution in [-0.4, -0.2) is 34.8 Å². The van der Waals surface area contributed by atoms with E-state index in [0.717, 1.165) is 50.7 Å². The Morgan fingerprint density at radius 1 is 1.17 bits per heavy atom. The number of fused-ring (bicyclic) bond motifs is 5. The number of nitrogens with zero attached hydrogens (tertiary/aromatic N) is 1. The van der Waals surface area contributed by atoms with Crippen LogP contribution in [0.1, 0.15) is 72.1 Å². The molecule has 6 heteroatoms. The second-order valence-corrected chi connectivity index (χ2v) is 10.1. The first-order valence-corrected chi connectivity index (χ1v) is 10.9. The molecular formula is C23H32NO5-. The summed E-state index contributed by atoms with van der Waals surface area (Å²) in [5.74, 6) is 0.154. The summed E-state index contributed by atoms with van der Waals surface area (Å²) in [6.07, 6.45) is 9.40. The van der Waals surface area contributed by atoms with E-state index in [4.69, 9.17) is 4.84 Å². The number of carbonyl (C=O) groups excluding carboxylic acids is 2. The molecule has 6 nitrogen and oxygen atoms in total. The number of rotatable bonds is 4. The summed E-state index contributed by atoms with van der Waals surface area (Å²) >= 11 is 0. The molecule has 3 fully saturated rings. The average Bonchev–Trinajstić information content (AvgIpc) is 2.94. The van der Waals surface area contributed by atoms with Crippen LogP contribution in [0.4, 0.5) is 0 Å². The van der Waals surface area contributed by atoms with Gasteiger partial charge in [0.1, 0.15) is 5.60 Å². The minimum atomic E-state index is -1.27. The Kier molecular flexibility index (Phi) is 4.92. The minimum absolute atomic E-state index is 0.0707. The van der Waals surface area contributed by atoms with Crippen molar-refractivity contribution in [1.29, 1.82) is 0 Å². The summed E-state index contributed by atoms with van der Waals surface area (Å²) in [4.78, 5) is 27.7. The van der Waals surface area contributed by atoms with E-state index in [1.165, 1.54) is 5.57 Å². The van der Waals surface area contributed by atoms with Gasteiger partial charge in [0.15, 0.2) is 12.4 Å². The highest BCUT2D eigenvalue weighted by Crippen LogP contribution is 2.67. The van der Waals surface area contributed by atoms with Crippen molar-refractivity contribution >= 4 is 17.5 Å². The zero-order valence-corrected chi connectivity index (χ0v) is 17.7. The van der Waals surface area contributed by atoms with Gasteiger partial charge in [0.2, 0.25) is 0 Å². The van der Waals surface area contributed by atoms with Crippen LogP contribution in [0.5, 0.6) is 0 Å². The monoisotopic (exact) mass is 402 g/mol. The number of carbonyl (C=O) groups is 2. The van der Waals surface area contributed by atoms with Crippen molar-refractivity contribution in [2.24, 2.45) is 33.7 Å². The van der Waals surface area contributed by atoms with Crippen LogP contribution in [-0.2, 0) is 14.4 Å². The van der Waals surface area contributed by atoms with Gasteiger partial charge in [-0.2, -0.15) is 0 Å². The highest BCUT2D eigenvalue weighted by molar-refractivity contribution is 5.96. The Balaban J connectivity index is 1.57. The summed E-state index contributed by atoms with van der Waals surface area (Å²) < 4.78 is 0. The van der Waals surface area contributed by atoms with Gasteiger partial charge < -0.3 is 19.8 Å². The fraction of sp³-hybridized carbons (Fsp3) is 0.783. The van der Waals surface area contributed by atoms with E-state index in [-0.39, 0.29) is 16.6 Å². The van der Waals surface area contributed by atoms with E-state index in [1.807, 2.05) is 0 Å². The number of hydrogen-bond acceptors (Lipinski definition) is 6. The molecule has 4 aliphatic rings. The molecule has 0 saturated heterocycles. The van der Waals surface area contributed by atoms with Crippen LogP contribution in [0.15, 0.2) is 16.8 Å². The molecule has 4 aliphatic carbocycles. The largest absolute Gasteiger partial charge is 0.546 e. The molecule has 1 N–H and O–H groups in total. The van der Waals surface area contributed by atoms with Gasteiger partial charge in [0.05, 0.1) is 11.7 Å². The molecule has 0 spiro atoms. The van der Waals surface area contributed by atoms with E-state index in [1.54, 1.807) is 6.92 Å². The summed E-state index contributed by atoms with van der Waals surface area (Å²) in [5.41, 5.74) is 0.836. The van der Waals surface area contributed by atoms with Crippen LogP contribution < -0.4 is 5.11 Å². The Morgan fingerprint density at radius 2 is 1.90 bits per heavy atom. The number of allylic oxidation sites excluding steroid dienone is 2. The van der Waals surface area contributed by atoms with E-state index in [0.29, 0.717) is 24.2 Å². The van der Waals surface area contributed by atoms with E-state index >= 15 is 0 Å². The molecule has 3 saturated carbocycles. The maximum atomic E-state index is 12.3. The zero-order chi connectivity index (χ0) is 21.0. The van der Waals surface area contributed by atoms with Crippen molar-refractivity contribution in [2.45, 2.75) is 77.7 Å². The van der Waals surface area contributed by atoms with Gasteiger partial charge in [-0.05, 0) is 87.5 Å². The molecule has 0 unspecified atom stereocenters. The molecule has 0 radical (unpaired) electrons. The average molecular weight is 403 g/mol. The van der Waals surface area contributed by atoms with Gasteiger partial charge in [-0.1, -0.05) is 24.6 Å². The van der Waals surface area contributed by atoms with E-state index in [9.17, 15) is 19.8 Å². The lowest BCUT2D eigenvalue weighted by Gasteiger charge is -2.59. The third kappa shape index (κ3) is 2.97. The number of ketones is 1. The lowest BCUT2D eigenvalue weighted by atomic mass is 9.46. The third-order valence-electron chi connectivity index (χ3n) is 9.08. The van der Waals surface area contributed by atoms with Gasteiger partial charge in [0.25, 0.3) is 0 Å². The topological polar surface area (TPSA) is 99.0 Å². The standard InChI is InChI=1S/C23H33NO5/c1-14(25)23(28)11-8-19-17-5-4-15-12-16(24-29-13-20(26)27)6-9-21(15,2)18(17)7-10-22(19,23)3/h12,17-19,28H,4-11,13H2,1-3H3,(H,26,27)/p-1/t17-,18+,19+,21-,22-,23-/m0/s1. The Hall–Kier alpha value is -1.69. The normalized spacial score (nSPS) is 45.0. The summed E-state index contributed by atoms with van der Waals surface area (Å²) in [6, 6.07) is 0. The van der Waals surface area contributed by atoms with Crippen molar-refractivity contribution in [3.05, 3.63) is 11.6 Å². The molecule has 0 amide bonds. The van der Waals surface area contributed by atoms with Crippen LogP contribution >= 0.6 is 0 Å². The first-order valence-electron chi connectivity index (χ1n) is 10.9. The summed E-state index contributed by atoms with van der Waals surface area (Å²) in [7, 11) is 0. The highest BCUT2D eigenvalue weighted by Gasteiger charge is 2.65. The predicted octanol–water partition coefficient (Wildman–Crippen LogP) is 2.39. The van der Waals surface area contributed by atoms with E-state index < -0.39 is 18.2 Å². The molecule has 0 heterocycles. The van der Waals surface area contributed by atoms with E-state index in [2.05, 4.69) is 25.1 Å². The molecule has 0 bridgehead atoms. The molecule has 0 aromatic rings. The first kappa shape index (κ1) is 20.6. The Bertz CT molecular complexity index is 788. The van der Waals surface area contributed by atoms with Crippen LogP contribution in [0.25, 0.3) is 0 Å². The molecule has 29 heavy (non-hydrogen) atoms. The van der Waals surface area contributed by atoms with Crippen LogP contribution in [0.2, 0.25) is 0 Å². The summed E-state index contributed by atoms with van der Waals surface area (Å²) in [5, 5.41) is 25.8. The lowest BCUT2D eigenvalue weighted by Crippen LogP contribution is -2.57. The fourth-order valence-electron chi connectivity index (χ4n) is 7.41. The van der Waals surface area contributed by atoms with Crippen molar-refractivity contribution in [2.75, 3.05) is 6.61 Å². The smallest absolute Gasteiger partial charge is 0.161 e. The number of aliphatic hydroxyl groups is 1. The van der Waals surface area contributed by atoms with Crippen molar-refractivity contribution in [1.82, 2.24) is 0 Å². The summed E-state index contributed by atoms with van der Waals surface area (Å²) in [6.45, 7) is 5.54. The molecular weight excluding hydrogens is 370 g/mol. The molecule has 6 atom stereocenters. The second-order valence-electron chi connectivity index (χ2n) is 10.1. The zero-order valence-electron chi connectivity index (χ0n) is 17.7. The Morgan fingerprint density at radius 3 is 2.59 bits per heavy atom. The predicted molar refractivity (Wildman–Crippen MR) is 106 cm³/mol. The SMILES string of the molecule is CC(=O)[C@@]1(O)CC[C@@H]2[C@H]3CCC4=CC(=NOCC(=O)[O-])CC[C@]4(C)[C@@H]3CC[C@@]21C. The third-order valence-corrected chi connectivity index (χ3v) is 9.08. The molecule has 0 aromatic carbocycles. The number of carboxylic acids is 1. The van der Waals surface area contributed by atoms with Crippen LogP contribution in [0.3, 0.4) is 0 Å². The minimum Gasteiger partial charge on any atom is -0.546 e. The maximum absolute atomic E-state index is 12.3. The van der Waals surface area contributed by atoms with Gasteiger partial charge in [-0.15, -0.1) is 0 Å². The van der Waals surface area contributed by atoms with Gasteiger partial charge in [0, 0.05) is 5.41 Å². The van der Waals surface area contributed by atoms with Crippen LogP contribution in [0, 0.1) is 28.6 Å². The highest BCUT2D eigenvalue weighted by atomic mass is 16.6. The number of hydrogen-bond donors (Lipinski definition) is 1. The number of Topliss-reactive ketones (excluding diaryl/α,β-unsaturated/α-hetero) is 1. The van der Waals surface area contributed by atoms with Crippen molar-refractivity contribution in [3.63, 3.8) is 0 Å². The molecule has 160 valence electrons.